The summed E-state index contributed by atoms with van der Waals surface area (Å²) < 4.78 is 5.20. The van der Waals surface area contributed by atoms with Crippen molar-refractivity contribution in [2.24, 2.45) is 4.99 Å². The Morgan fingerprint density at radius 2 is 1.89 bits per heavy atom. The van der Waals surface area contributed by atoms with E-state index in [0.29, 0.717) is 11.9 Å². The van der Waals surface area contributed by atoms with Gasteiger partial charge in [-0.1, -0.05) is 19.1 Å². The lowest BCUT2D eigenvalue weighted by atomic mass is 9.98. The molecule has 1 atom stereocenters. The largest absolute Gasteiger partial charge is 0.497 e. The van der Waals surface area contributed by atoms with Crippen LogP contribution >= 0.6 is 24.0 Å². The van der Waals surface area contributed by atoms with Crippen molar-refractivity contribution in [3.8, 4) is 5.75 Å². The van der Waals surface area contributed by atoms with Crippen LogP contribution < -0.4 is 15.4 Å². The molecule has 1 fully saturated rings. The number of nitrogens with zero attached hydrogens (tertiary/aromatic N) is 2. The van der Waals surface area contributed by atoms with Crippen molar-refractivity contribution in [1.29, 1.82) is 0 Å². The summed E-state index contributed by atoms with van der Waals surface area (Å²) in [7, 11) is 1.68. The first-order chi connectivity index (χ1) is 12.6. The van der Waals surface area contributed by atoms with Crippen molar-refractivity contribution in [3.05, 3.63) is 29.8 Å². The molecule has 2 N–H and O–H groups in total. The number of carbonyl (C=O) groups excluding carboxylic acids is 1. The second kappa shape index (κ2) is 12.8. The van der Waals surface area contributed by atoms with Gasteiger partial charge in [0.25, 0.3) is 0 Å². The van der Waals surface area contributed by atoms with Crippen molar-refractivity contribution in [2.75, 3.05) is 39.8 Å². The van der Waals surface area contributed by atoms with E-state index >= 15 is 0 Å². The third-order valence-electron chi connectivity index (χ3n) is 4.73. The molecule has 0 aliphatic carbocycles. The maximum atomic E-state index is 12.1. The number of rotatable bonds is 8. The molecule has 1 aromatic rings. The lowest BCUT2D eigenvalue weighted by Crippen LogP contribution is -2.39. The molecule has 1 aliphatic heterocycles. The summed E-state index contributed by atoms with van der Waals surface area (Å²) in [6, 6.07) is 8.21. The van der Waals surface area contributed by atoms with Crippen LogP contribution in [0.3, 0.4) is 0 Å². The van der Waals surface area contributed by atoms with E-state index < -0.39 is 0 Å². The van der Waals surface area contributed by atoms with Gasteiger partial charge in [-0.15, -0.1) is 24.0 Å². The molecule has 1 heterocycles. The van der Waals surface area contributed by atoms with E-state index in [0.717, 1.165) is 51.2 Å². The molecule has 7 heteroatoms. The van der Waals surface area contributed by atoms with Crippen LogP contribution in [0.15, 0.2) is 29.3 Å². The van der Waals surface area contributed by atoms with Gasteiger partial charge in [-0.2, -0.15) is 0 Å². The molecule has 2 rings (SSSR count). The minimum Gasteiger partial charge on any atom is -0.497 e. The predicted octanol–water partition coefficient (Wildman–Crippen LogP) is 2.98. The molecular formula is C20H33IN4O2. The van der Waals surface area contributed by atoms with Crippen LogP contribution in [0.4, 0.5) is 0 Å². The van der Waals surface area contributed by atoms with Crippen LogP contribution in [0.2, 0.25) is 0 Å². The van der Waals surface area contributed by atoms with E-state index in [9.17, 15) is 4.79 Å². The van der Waals surface area contributed by atoms with E-state index in [2.05, 4.69) is 34.7 Å². The van der Waals surface area contributed by atoms with Crippen molar-refractivity contribution < 1.29 is 9.53 Å². The van der Waals surface area contributed by atoms with Gasteiger partial charge in [-0.25, -0.2) is 4.99 Å². The summed E-state index contributed by atoms with van der Waals surface area (Å²) in [6.07, 6.45) is 3.20. The first-order valence-corrected chi connectivity index (χ1v) is 9.58. The number of methoxy groups -OCH3 is 1. The molecule has 0 saturated carbocycles. The van der Waals surface area contributed by atoms with Crippen LogP contribution in [0, 0.1) is 0 Å². The lowest BCUT2D eigenvalue weighted by molar-refractivity contribution is -0.128. The molecule has 1 saturated heterocycles. The zero-order chi connectivity index (χ0) is 18.8. The summed E-state index contributed by atoms with van der Waals surface area (Å²) in [6.45, 7) is 7.78. The number of likely N-dealkylation sites (tertiary alicyclic amines) is 1. The standard InChI is InChI=1S/C20H32N4O2.HI/c1-4-21-20(23-15-19(25)24-13-5-6-14-24)22-12-11-16(2)17-7-9-18(26-3)10-8-17;/h7-10,16H,4-6,11-15H2,1-3H3,(H2,21,22,23);1H. The van der Waals surface area contributed by atoms with Gasteiger partial charge in [0.05, 0.1) is 7.11 Å². The molecule has 0 aromatic heterocycles. The second-order valence-electron chi connectivity index (χ2n) is 6.67. The van der Waals surface area contributed by atoms with Gasteiger partial charge >= 0.3 is 0 Å². The Hall–Kier alpha value is -1.51. The summed E-state index contributed by atoms with van der Waals surface area (Å²) >= 11 is 0. The van der Waals surface area contributed by atoms with Crippen LogP contribution in [0.5, 0.6) is 5.75 Å². The van der Waals surface area contributed by atoms with E-state index in [1.165, 1.54) is 5.56 Å². The highest BCUT2D eigenvalue weighted by Crippen LogP contribution is 2.21. The molecule has 6 nitrogen and oxygen atoms in total. The smallest absolute Gasteiger partial charge is 0.244 e. The summed E-state index contributed by atoms with van der Waals surface area (Å²) in [5, 5.41) is 6.54. The highest BCUT2D eigenvalue weighted by molar-refractivity contribution is 14.0. The Labute approximate surface area is 180 Å². The molecule has 0 bridgehead atoms. The summed E-state index contributed by atoms with van der Waals surface area (Å²) in [4.78, 5) is 18.5. The van der Waals surface area contributed by atoms with E-state index in [1.807, 2.05) is 24.0 Å². The van der Waals surface area contributed by atoms with Gasteiger partial charge in [-0.05, 0) is 49.8 Å². The number of hydrogen-bond acceptors (Lipinski definition) is 3. The number of halogens is 1. The summed E-state index contributed by atoms with van der Waals surface area (Å²) in [5.41, 5.74) is 1.29. The summed E-state index contributed by atoms with van der Waals surface area (Å²) in [5.74, 6) is 2.14. The minimum atomic E-state index is 0. The number of ether oxygens (including phenoxy) is 1. The van der Waals surface area contributed by atoms with E-state index in [4.69, 9.17) is 4.74 Å². The molecule has 0 spiro atoms. The fourth-order valence-electron chi connectivity index (χ4n) is 3.06. The van der Waals surface area contributed by atoms with Crippen molar-refractivity contribution in [3.63, 3.8) is 0 Å². The highest BCUT2D eigenvalue weighted by atomic mass is 127. The van der Waals surface area contributed by atoms with Crippen molar-refractivity contribution in [2.45, 2.75) is 39.0 Å². The maximum Gasteiger partial charge on any atom is 0.244 e. The molecule has 0 radical (unpaired) electrons. The minimum absolute atomic E-state index is 0. The molecule has 1 amide bonds. The first kappa shape index (κ1) is 23.5. The lowest BCUT2D eigenvalue weighted by Gasteiger charge is -2.16. The Balaban J connectivity index is 0.00000364. The maximum absolute atomic E-state index is 12.1. The highest BCUT2D eigenvalue weighted by Gasteiger charge is 2.17. The fourth-order valence-corrected chi connectivity index (χ4v) is 3.06. The zero-order valence-electron chi connectivity index (χ0n) is 16.7. The fraction of sp³-hybridized carbons (Fsp3) is 0.600. The average Bonchev–Trinajstić information content (AvgIpc) is 3.20. The SMILES string of the molecule is CCNC(=NCC(=O)N1CCCC1)NCCC(C)c1ccc(OC)cc1.I. The monoisotopic (exact) mass is 488 g/mol. The van der Waals surface area contributed by atoms with E-state index in [1.54, 1.807) is 7.11 Å². The first-order valence-electron chi connectivity index (χ1n) is 9.58. The quantitative estimate of drug-likeness (QED) is 0.336. The normalized spacial score (nSPS) is 15.1. The molecule has 27 heavy (non-hydrogen) atoms. The Kier molecular flexibility index (Phi) is 11.2. The number of guanidine groups is 1. The van der Waals surface area contributed by atoms with Gasteiger partial charge in [-0.3, -0.25) is 4.79 Å². The number of nitrogens with one attached hydrogen (secondary N) is 2. The van der Waals surface area contributed by atoms with Crippen LogP contribution in [0.1, 0.15) is 44.6 Å². The number of hydrogen-bond donors (Lipinski definition) is 2. The molecule has 152 valence electrons. The number of benzene rings is 1. The molecule has 1 aliphatic rings. The van der Waals surface area contributed by atoms with Crippen LogP contribution in [0.25, 0.3) is 0 Å². The average molecular weight is 488 g/mol. The van der Waals surface area contributed by atoms with Crippen molar-refractivity contribution >= 4 is 35.8 Å². The van der Waals surface area contributed by atoms with Gasteiger partial charge < -0.3 is 20.3 Å². The number of amides is 1. The number of carbonyl (C=O) groups is 1. The van der Waals surface area contributed by atoms with Gasteiger partial charge in [0, 0.05) is 26.2 Å². The van der Waals surface area contributed by atoms with Crippen LogP contribution in [-0.2, 0) is 4.79 Å². The molecular weight excluding hydrogens is 455 g/mol. The zero-order valence-corrected chi connectivity index (χ0v) is 19.0. The molecule has 1 aromatic carbocycles. The van der Waals surface area contributed by atoms with Crippen molar-refractivity contribution in [1.82, 2.24) is 15.5 Å². The predicted molar refractivity (Wildman–Crippen MR) is 121 cm³/mol. The topological polar surface area (TPSA) is 66.0 Å². The van der Waals surface area contributed by atoms with Gasteiger partial charge in [0.15, 0.2) is 5.96 Å². The Morgan fingerprint density at radius 3 is 2.48 bits per heavy atom. The third kappa shape index (κ3) is 7.94. The van der Waals surface area contributed by atoms with E-state index in [-0.39, 0.29) is 36.4 Å². The Morgan fingerprint density at radius 1 is 1.22 bits per heavy atom. The second-order valence-corrected chi connectivity index (χ2v) is 6.67. The number of aliphatic imine (C=N–C) groups is 1. The molecule has 1 unspecified atom stereocenters. The Bertz CT molecular complexity index is 586. The van der Waals surface area contributed by atoms with Gasteiger partial charge in [0.1, 0.15) is 12.3 Å². The van der Waals surface area contributed by atoms with Gasteiger partial charge in [0.2, 0.25) is 5.91 Å². The van der Waals surface area contributed by atoms with Crippen LogP contribution in [-0.4, -0.2) is 56.6 Å². The third-order valence-corrected chi connectivity index (χ3v) is 4.73.